The van der Waals surface area contributed by atoms with Gasteiger partial charge in [0.25, 0.3) is 5.91 Å². The van der Waals surface area contributed by atoms with Crippen LogP contribution in [0.25, 0.3) is 0 Å². The van der Waals surface area contributed by atoms with Crippen LogP contribution < -0.4 is 0 Å². The molecule has 2 aliphatic rings. The van der Waals surface area contributed by atoms with Crippen LogP contribution in [0.1, 0.15) is 50.0 Å². The van der Waals surface area contributed by atoms with Crippen molar-refractivity contribution >= 4 is 11.8 Å². The number of nitrogens with zero attached hydrogens (tertiary/aromatic N) is 3. The summed E-state index contributed by atoms with van der Waals surface area (Å²) in [6.07, 6.45) is 5.62. The van der Waals surface area contributed by atoms with Gasteiger partial charge in [-0.3, -0.25) is 14.6 Å². The Balaban J connectivity index is 1.80. The molecule has 124 valence electrons. The van der Waals surface area contributed by atoms with Crippen molar-refractivity contribution in [2.45, 2.75) is 45.1 Å². The fraction of sp³-hybridized carbons (Fsp3) is 0.611. The molecule has 2 fully saturated rings. The summed E-state index contributed by atoms with van der Waals surface area (Å²) in [5.74, 6) is 0.204. The van der Waals surface area contributed by atoms with Gasteiger partial charge in [-0.25, -0.2) is 0 Å². The Labute approximate surface area is 137 Å². The first-order chi connectivity index (χ1) is 11.0. The molecule has 1 atom stereocenters. The number of hydrogen-bond acceptors (Lipinski definition) is 3. The van der Waals surface area contributed by atoms with Crippen LogP contribution in [-0.4, -0.2) is 51.8 Å². The largest absolute Gasteiger partial charge is 0.335 e. The molecule has 0 bridgehead atoms. The summed E-state index contributed by atoms with van der Waals surface area (Å²) >= 11 is 0. The van der Waals surface area contributed by atoms with Crippen molar-refractivity contribution < 1.29 is 9.59 Å². The number of rotatable bonds is 2. The second-order valence-electron chi connectivity index (χ2n) is 7.02. The minimum atomic E-state index is -0.163. The maximum atomic E-state index is 12.7. The fourth-order valence-corrected chi connectivity index (χ4v) is 3.96. The third-order valence-electron chi connectivity index (χ3n) is 5.08. The monoisotopic (exact) mass is 315 g/mol. The quantitative estimate of drug-likeness (QED) is 0.842. The molecule has 23 heavy (non-hydrogen) atoms. The molecular formula is C18H25N3O2. The summed E-state index contributed by atoms with van der Waals surface area (Å²) < 4.78 is 0. The van der Waals surface area contributed by atoms with E-state index in [9.17, 15) is 9.59 Å². The zero-order chi connectivity index (χ0) is 16.4. The number of piperidine rings is 1. The Bertz CT molecular complexity index is 587. The van der Waals surface area contributed by atoms with Gasteiger partial charge in [0.1, 0.15) is 5.69 Å². The highest BCUT2D eigenvalue weighted by molar-refractivity contribution is 5.92. The third-order valence-corrected chi connectivity index (χ3v) is 5.08. The maximum absolute atomic E-state index is 12.7. The zero-order valence-electron chi connectivity index (χ0n) is 14.0. The van der Waals surface area contributed by atoms with Gasteiger partial charge < -0.3 is 9.80 Å². The van der Waals surface area contributed by atoms with Crippen LogP contribution in [-0.2, 0) is 4.79 Å². The number of hydrogen-bond donors (Lipinski definition) is 0. The highest BCUT2D eigenvalue weighted by atomic mass is 16.2. The molecule has 2 aliphatic heterocycles. The van der Waals surface area contributed by atoms with Crippen molar-refractivity contribution in [3.63, 3.8) is 0 Å². The number of pyridine rings is 1. The molecule has 3 rings (SSSR count). The topological polar surface area (TPSA) is 53.5 Å². The van der Waals surface area contributed by atoms with E-state index in [-0.39, 0.29) is 23.3 Å². The smallest absolute Gasteiger partial charge is 0.272 e. The number of amides is 2. The summed E-state index contributed by atoms with van der Waals surface area (Å²) in [6.45, 7) is 6.12. The van der Waals surface area contributed by atoms with Crippen LogP contribution in [0, 0.1) is 5.92 Å². The summed E-state index contributed by atoms with van der Waals surface area (Å²) in [5.41, 5.74) is 0.327. The Morgan fingerprint density at radius 1 is 1.17 bits per heavy atom. The Morgan fingerprint density at radius 2 is 1.91 bits per heavy atom. The van der Waals surface area contributed by atoms with E-state index in [2.05, 4.69) is 9.88 Å². The first-order valence-corrected chi connectivity index (χ1v) is 8.55. The third kappa shape index (κ3) is 2.96. The van der Waals surface area contributed by atoms with E-state index in [1.54, 1.807) is 12.3 Å². The standard InChI is InChI=1S/C18H25N3O2/c1-14(2)16(22)21-12-6-9-18(21)8-5-11-20(13-18)17(23)15-7-3-4-10-19-15/h3-4,7,10,14H,5-6,8-9,11-13H2,1-2H3. The van der Waals surface area contributed by atoms with E-state index in [1.807, 2.05) is 30.9 Å². The van der Waals surface area contributed by atoms with Crippen molar-refractivity contribution in [1.82, 2.24) is 14.8 Å². The summed E-state index contributed by atoms with van der Waals surface area (Å²) in [5, 5.41) is 0. The van der Waals surface area contributed by atoms with Gasteiger partial charge in [0, 0.05) is 31.7 Å². The lowest BCUT2D eigenvalue weighted by atomic mass is 9.85. The Morgan fingerprint density at radius 3 is 2.57 bits per heavy atom. The summed E-state index contributed by atoms with van der Waals surface area (Å²) in [4.78, 5) is 33.4. The molecule has 2 saturated heterocycles. The molecular weight excluding hydrogens is 290 g/mol. The van der Waals surface area contributed by atoms with E-state index in [1.165, 1.54) is 0 Å². The lowest BCUT2D eigenvalue weighted by Crippen LogP contribution is -2.59. The van der Waals surface area contributed by atoms with Gasteiger partial charge >= 0.3 is 0 Å². The molecule has 1 aromatic rings. The first kappa shape index (κ1) is 16.0. The predicted molar refractivity (Wildman–Crippen MR) is 87.9 cm³/mol. The highest BCUT2D eigenvalue weighted by Crippen LogP contribution is 2.38. The lowest BCUT2D eigenvalue weighted by Gasteiger charge is -2.46. The van der Waals surface area contributed by atoms with Gasteiger partial charge in [-0.1, -0.05) is 19.9 Å². The van der Waals surface area contributed by atoms with Crippen molar-refractivity contribution in [2.24, 2.45) is 5.92 Å². The average Bonchev–Trinajstić information content (AvgIpc) is 2.96. The van der Waals surface area contributed by atoms with E-state index >= 15 is 0 Å². The first-order valence-electron chi connectivity index (χ1n) is 8.55. The molecule has 5 heteroatoms. The van der Waals surface area contributed by atoms with Crippen LogP contribution in [0.3, 0.4) is 0 Å². The molecule has 0 radical (unpaired) electrons. The van der Waals surface area contributed by atoms with Gasteiger partial charge in [-0.2, -0.15) is 0 Å². The second kappa shape index (κ2) is 6.30. The van der Waals surface area contributed by atoms with E-state index in [0.29, 0.717) is 12.2 Å². The molecule has 1 spiro atoms. The number of likely N-dealkylation sites (tertiary alicyclic amines) is 2. The van der Waals surface area contributed by atoms with Gasteiger partial charge in [-0.05, 0) is 37.8 Å². The molecule has 0 aliphatic carbocycles. The van der Waals surface area contributed by atoms with Crippen molar-refractivity contribution in [3.8, 4) is 0 Å². The molecule has 1 unspecified atom stereocenters. The van der Waals surface area contributed by atoms with Crippen LogP contribution in [0.15, 0.2) is 24.4 Å². The minimum absolute atomic E-state index is 0.00634. The van der Waals surface area contributed by atoms with Crippen molar-refractivity contribution in [2.75, 3.05) is 19.6 Å². The van der Waals surface area contributed by atoms with Crippen LogP contribution >= 0.6 is 0 Å². The fourth-order valence-electron chi connectivity index (χ4n) is 3.96. The highest BCUT2D eigenvalue weighted by Gasteiger charge is 2.47. The molecule has 3 heterocycles. The lowest BCUT2D eigenvalue weighted by molar-refractivity contribution is -0.140. The van der Waals surface area contributed by atoms with Crippen LogP contribution in [0.2, 0.25) is 0 Å². The van der Waals surface area contributed by atoms with Gasteiger partial charge in [0.05, 0.1) is 5.54 Å². The van der Waals surface area contributed by atoms with Gasteiger partial charge in [0.15, 0.2) is 0 Å². The SMILES string of the molecule is CC(C)C(=O)N1CCCC12CCCN(C(=O)c1ccccn1)C2. The van der Waals surface area contributed by atoms with Crippen LogP contribution in [0.4, 0.5) is 0 Å². The normalized spacial score (nSPS) is 24.5. The van der Waals surface area contributed by atoms with Gasteiger partial charge in [-0.15, -0.1) is 0 Å². The summed E-state index contributed by atoms with van der Waals surface area (Å²) in [6, 6.07) is 5.41. The average molecular weight is 315 g/mol. The van der Waals surface area contributed by atoms with Gasteiger partial charge in [0.2, 0.25) is 5.91 Å². The van der Waals surface area contributed by atoms with E-state index < -0.39 is 0 Å². The molecule has 0 saturated carbocycles. The number of aromatic nitrogens is 1. The second-order valence-corrected chi connectivity index (χ2v) is 7.02. The van der Waals surface area contributed by atoms with Crippen molar-refractivity contribution in [3.05, 3.63) is 30.1 Å². The van der Waals surface area contributed by atoms with E-state index in [4.69, 9.17) is 0 Å². The maximum Gasteiger partial charge on any atom is 0.272 e. The number of carbonyl (C=O) groups excluding carboxylic acids is 2. The molecule has 1 aromatic heterocycles. The Hall–Kier alpha value is -1.91. The van der Waals surface area contributed by atoms with E-state index in [0.717, 1.165) is 38.8 Å². The minimum Gasteiger partial charge on any atom is -0.335 e. The number of carbonyl (C=O) groups is 2. The Kier molecular flexibility index (Phi) is 4.37. The zero-order valence-corrected chi connectivity index (χ0v) is 14.0. The molecule has 0 N–H and O–H groups in total. The van der Waals surface area contributed by atoms with Crippen LogP contribution in [0.5, 0.6) is 0 Å². The molecule has 0 aromatic carbocycles. The van der Waals surface area contributed by atoms with Crippen molar-refractivity contribution in [1.29, 1.82) is 0 Å². The molecule has 5 nitrogen and oxygen atoms in total. The summed E-state index contributed by atoms with van der Waals surface area (Å²) in [7, 11) is 0. The molecule has 2 amide bonds. The predicted octanol–water partition coefficient (Wildman–Crippen LogP) is 2.33.